The van der Waals surface area contributed by atoms with E-state index in [4.69, 9.17) is 14.6 Å². The van der Waals surface area contributed by atoms with E-state index in [9.17, 15) is 4.79 Å². The van der Waals surface area contributed by atoms with Crippen LogP contribution >= 0.6 is 0 Å². The van der Waals surface area contributed by atoms with Gasteiger partial charge in [-0.2, -0.15) is 5.10 Å². The van der Waals surface area contributed by atoms with Crippen LogP contribution in [0.1, 0.15) is 10.4 Å². The molecule has 0 aromatic carbocycles. The molecule has 1 saturated heterocycles. The number of anilines is 1. The minimum atomic E-state index is -1.02. The van der Waals surface area contributed by atoms with Gasteiger partial charge in [-0.1, -0.05) is 0 Å². The van der Waals surface area contributed by atoms with Gasteiger partial charge in [0.2, 0.25) is 0 Å². The van der Waals surface area contributed by atoms with Crippen molar-refractivity contribution >= 4 is 11.8 Å². The zero-order valence-electron chi connectivity index (χ0n) is 10.2. The average Bonchev–Trinajstić information content (AvgIpc) is 2.81. The number of carboxylic acids is 1. The quantitative estimate of drug-likeness (QED) is 0.809. The number of hydrogen-bond donors (Lipinski definition) is 1. The van der Waals surface area contributed by atoms with E-state index in [0.717, 1.165) is 0 Å². The number of carbonyl (C=O) groups is 1. The molecule has 0 bridgehead atoms. The molecule has 1 N–H and O–H groups in total. The van der Waals surface area contributed by atoms with E-state index in [1.165, 1.54) is 12.3 Å². The molecule has 18 heavy (non-hydrogen) atoms. The minimum absolute atomic E-state index is 0.0985. The Morgan fingerprint density at radius 3 is 2.50 bits per heavy atom. The smallest absolute Gasteiger partial charge is 0.339 e. The Bertz CT molecular complexity index is 428. The van der Waals surface area contributed by atoms with Crippen molar-refractivity contribution in [2.45, 2.75) is 12.2 Å². The summed E-state index contributed by atoms with van der Waals surface area (Å²) in [5, 5.41) is 16.8. The van der Waals surface area contributed by atoms with Crippen molar-refractivity contribution < 1.29 is 19.4 Å². The van der Waals surface area contributed by atoms with Gasteiger partial charge in [0, 0.05) is 27.3 Å². The maximum absolute atomic E-state index is 11.1. The molecular weight excluding hydrogens is 238 g/mol. The van der Waals surface area contributed by atoms with E-state index in [2.05, 4.69) is 10.2 Å². The summed E-state index contributed by atoms with van der Waals surface area (Å²) in [6.07, 6.45) is 1.17. The molecule has 98 valence electrons. The number of aromatic carboxylic acids is 1. The van der Waals surface area contributed by atoms with E-state index in [-0.39, 0.29) is 17.8 Å². The molecule has 1 aromatic rings. The molecule has 2 unspecified atom stereocenters. The lowest BCUT2D eigenvalue weighted by molar-refractivity contribution is -0.00461. The van der Waals surface area contributed by atoms with Crippen molar-refractivity contribution in [3.63, 3.8) is 0 Å². The van der Waals surface area contributed by atoms with Gasteiger partial charge in [0.15, 0.2) is 5.82 Å². The van der Waals surface area contributed by atoms with Crippen LogP contribution in [-0.2, 0) is 9.47 Å². The van der Waals surface area contributed by atoms with Gasteiger partial charge in [0.1, 0.15) is 17.8 Å². The first-order valence-corrected chi connectivity index (χ1v) is 5.53. The second-order valence-electron chi connectivity index (χ2n) is 4.03. The summed E-state index contributed by atoms with van der Waals surface area (Å²) < 4.78 is 10.6. The van der Waals surface area contributed by atoms with Crippen LogP contribution in [0.4, 0.5) is 5.82 Å². The number of methoxy groups -OCH3 is 2. The average molecular weight is 253 g/mol. The van der Waals surface area contributed by atoms with Gasteiger partial charge < -0.3 is 19.5 Å². The summed E-state index contributed by atoms with van der Waals surface area (Å²) in [7, 11) is 3.21. The number of aromatic nitrogens is 2. The topological polar surface area (TPSA) is 84.8 Å². The first kappa shape index (κ1) is 12.7. The van der Waals surface area contributed by atoms with Gasteiger partial charge in [-0.05, 0) is 6.07 Å². The summed E-state index contributed by atoms with van der Waals surface area (Å²) >= 11 is 0. The van der Waals surface area contributed by atoms with E-state index >= 15 is 0 Å². The monoisotopic (exact) mass is 253 g/mol. The summed E-state index contributed by atoms with van der Waals surface area (Å²) in [6.45, 7) is 1.07. The van der Waals surface area contributed by atoms with Crippen LogP contribution in [0, 0.1) is 0 Å². The number of hydrogen-bond acceptors (Lipinski definition) is 6. The number of nitrogens with zero attached hydrogens (tertiary/aromatic N) is 3. The fraction of sp³-hybridized carbons (Fsp3) is 0.545. The van der Waals surface area contributed by atoms with Gasteiger partial charge >= 0.3 is 5.97 Å². The second-order valence-corrected chi connectivity index (χ2v) is 4.03. The minimum Gasteiger partial charge on any atom is -0.478 e. The molecule has 0 aliphatic carbocycles. The zero-order chi connectivity index (χ0) is 13.1. The Hall–Kier alpha value is -1.73. The van der Waals surface area contributed by atoms with Gasteiger partial charge in [-0.25, -0.2) is 4.79 Å². The largest absolute Gasteiger partial charge is 0.478 e. The molecule has 0 radical (unpaired) electrons. The molecule has 0 saturated carbocycles. The Labute approximate surface area is 104 Å². The van der Waals surface area contributed by atoms with Gasteiger partial charge in [0.25, 0.3) is 0 Å². The maximum Gasteiger partial charge on any atom is 0.339 e. The second kappa shape index (κ2) is 5.28. The van der Waals surface area contributed by atoms with Gasteiger partial charge in [0.05, 0.1) is 6.20 Å². The fourth-order valence-electron chi connectivity index (χ4n) is 2.09. The standard InChI is InChI=1S/C11H15N3O4/c1-17-8-5-14(6-9(8)18-2)10-7(11(15)16)3-4-12-13-10/h3-4,8-9H,5-6H2,1-2H3,(H,15,16). The lowest BCUT2D eigenvalue weighted by Crippen LogP contribution is -2.27. The first-order valence-electron chi connectivity index (χ1n) is 5.53. The molecular formula is C11H15N3O4. The SMILES string of the molecule is COC1CN(c2nnccc2C(=O)O)CC1OC. The Morgan fingerprint density at radius 2 is 2.00 bits per heavy atom. The van der Waals surface area contributed by atoms with Crippen LogP contribution in [0.15, 0.2) is 12.3 Å². The molecule has 2 atom stereocenters. The van der Waals surface area contributed by atoms with E-state index in [1.54, 1.807) is 14.2 Å². The van der Waals surface area contributed by atoms with Crippen LogP contribution < -0.4 is 4.90 Å². The van der Waals surface area contributed by atoms with Crippen LogP contribution in [-0.4, -0.2) is 60.8 Å². The Kier molecular flexibility index (Phi) is 3.73. The predicted octanol–water partition coefficient (Wildman–Crippen LogP) is 0.0248. The highest BCUT2D eigenvalue weighted by Crippen LogP contribution is 2.24. The molecule has 1 aliphatic heterocycles. The Balaban J connectivity index is 2.26. The third-order valence-electron chi connectivity index (χ3n) is 3.05. The molecule has 2 heterocycles. The Morgan fingerprint density at radius 1 is 1.39 bits per heavy atom. The molecule has 2 rings (SSSR count). The third kappa shape index (κ3) is 2.27. The molecule has 7 nitrogen and oxygen atoms in total. The number of ether oxygens (including phenoxy) is 2. The highest BCUT2D eigenvalue weighted by Gasteiger charge is 2.35. The van der Waals surface area contributed by atoms with Crippen molar-refractivity contribution in [1.29, 1.82) is 0 Å². The molecule has 1 fully saturated rings. The van der Waals surface area contributed by atoms with Crippen molar-refractivity contribution in [3.05, 3.63) is 17.8 Å². The summed E-state index contributed by atoms with van der Waals surface area (Å²) in [5.74, 6) is -0.665. The molecule has 0 spiro atoms. The summed E-state index contributed by atoms with van der Waals surface area (Å²) in [4.78, 5) is 12.9. The van der Waals surface area contributed by atoms with Crippen LogP contribution in [0.5, 0.6) is 0 Å². The normalized spacial score (nSPS) is 23.3. The lowest BCUT2D eigenvalue weighted by Gasteiger charge is -2.17. The predicted molar refractivity (Wildman–Crippen MR) is 62.8 cm³/mol. The molecule has 1 aliphatic rings. The van der Waals surface area contributed by atoms with Crippen molar-refractivity contribution in [1.82, 2.24) is 10.2 Å². The summed E-state index contributed by atoms with van der Waals surface area (Å²) in [6, 6.07) is 1.44. The van der Waals surface area contributed by atoms with Gasteiger partial charge in [-0.15, -0.1) is 5.10 Å². The van der Waals surface area contributed by atoms with Crippen molar-refractivity contribution in [2.75, 3.05) is 32.2 Å². The zero-order valence-corrected chi connectivity index (χ0v) is 10.2. The summed E-state index contributed by atoms with van der Waals surface area (Å²) in [5.41, 5.74) is 0.136. The van der Waals surface area contributed by atoms with E-state index < -0.39 is 5.97 Å². The van der Waals surface area contributed by atoms with E-state index in [1.807, 2.05) is 4.90 Å². The number of rotatable bonds is 4. The lowest BCUT2D eigenvalue weighted by atomic mass is 10.2. The number of carboxylic acid groups (broad SMARTS) is 1. The van der Waals surface area contributed by atoms with Crippen LogP contribution in [0.25, 0.3) is 0 Å². The molecule has 7 heteroatoms. The maximum atomic E-state index is 11.1. The fourth-order valence-corrected chi connectivity index (χ4v) is 2.09. The first-order chi connectivity index (χ1) is 8.67. The highest BCUT2D eigenvalue weighted by atomic mass is 16.5. The van der Waals surface area contributed by atoms with Crippen LogP contribution in [0.3, 0.4) is 0 Å². The van der Waals surface area contributed by atoms with Gasteiger partial charge in [-0.3, -0.25) is 0 Å². The highest BCUT2D eigenvalue weighted by molar-refractivity contribution is 5.93. The third-order valence-corrected chi connectivity index (χ3v) is 3.05. The van der Waals surface area contributed by atoms with Crippen molar-refractivity contribution in [3.8, 4) is 0 Å². The van der Waals surface area contributed by atoms with Crippen molar-refractivity contribution in [2.24, 2.45) is 0 Å². The molecule has 1 aromatic heterocycles. The van der Waals surface area contributed by atoms with Crippen LogP contribution in [0.2, 0.25) is 0 Å². The van der Waals surface area contributed by atoms with E-state index in [0.29, 0.717) is 18.9 Å². The molecule has 0 amide bonds.